The molecule has 0 bridgehead atoms. The first kappa shape index (κ1) is 17.6. The number of anilines is 1. The smallest absolute Gasteiger partial charge is 0.241 e. The number of hydrogen-bond acceptors (Lipinski definition) is 5. The number of β-amino-alcohol motifs (C(OH)–C–C–N with tert-alkyl or cyclic N) is 1. The second-order valence-corrected chi connectivity index (χ2v) is 5.90. The second-order valence-electron chi connectivity index (χ2n) is 5.90. The Morgan fingerprint density at radius 2 is 1.78 bits per heavy atom. The zero-order valence-electron chi connectivity index (χ0n) is 13.8. The lowest BCUT2D eigenvalue weighted by Crippen LogP contribution is -2.53. The molecule has 2 N–H and O–H groups in total. The molecule has 23 heavy (non-hydrogen) atoms. The summed E-state index contributed by atoms with van der Waals surface area (Å²) < 4.78 is 0. The summed E-state index contributed by atoms with van der Waals surface area (Å²) in [6.45, 7) is 7.66. The summed E-state index contributed by atoms with van der Waals surface area (Å²) in [5.41, 5.74) is 1.34. The third kappa shape index (κ3) is 4.86. The van der Waals surface area contributed by atoms with Crippen molar-refractivity contribution in [3.63, 3.8) is 0 Å². The molecule has 1 aromatic carbocycles. The average Bonchev–Trinajstić information content (AvgIpc) is 2.55. The minimum absolute atomic E-state index is 0.0111. The molecule has 1 fully saturated rings. The molecule has 1 aromatic rings. The molecular weight excluding hydrogens is 294 g/mol. The number of amides is 1. The Morgan fingerprint density at radius 1 is 1.17 bits per heavy atom. The molecule has 2 rings (SSSR count). The van der Waals surface area contributed by atoms with Crippen LogP contribution < -0.4 is 5.32 Å². The lowest BCUT2D eigenvalue weighted by Gasteiger charge is -2.37. The Labute approximate surface area is 137 Å². The Morgan fingerprint density at radius 3 is 2.30 bits per heavy atom. The number of Topliss-reactive ketones (excluding diaryl/α,β-unsaturated/α-hetero) is 1. The predicted molar refractivity (Wildman–Crippen MR) is 89.6 cm³/mol. The Balaban J connectivity index is 1.86. The first-order valence-corrected chi connectivity index (χ1v) is 8.00. The molecule has 1 saturated heterocycles. The Bertz CT molecular complexity index is 537. The first-order valence-electron chi connectivity index (χ1n) is 8.00. The van der Waals surface area contributed by atoms with Crippen molar-refractivity contribution in [2.24, 2.45) is 0 Å². The first-order chi connectivity index (χ1) is 11.0. The highest BCUT2D eigenvalue weighted by atomic mass is 16.3. The topological polar surface area (TPSA) is 72.9 Å². The number of aliphatic hydroxyl groups excluding tert-OH is 1. The van der Waals surface area contributed by atoms with Crippen LogP contribution in [0.25, 0.3) is 0 Å². The van der Waals surface area contributed by atoms with Crippen LogP contribution in [-0.2, 0) is 4.79 Å². The van der Waals surface area contributed by atoms with Gasteiger partial charge in [-0.2, -0.15) is 0 Å². The van der Waals surface area contributed by atoms with Gasteiger partial charge >= 0.3 is 0 Å². The number of nitrogens with zero attached hydrogens (tertiary/aromatic N) is 2. The van der Waals surface area contributed by atoms with E-state index in [-0.39, 0.29) is 24.3 Å². The van der Waals surface area contributed by atoms with E-state index in [4.69, 9.17) is 5.11 Å². The molecule has 1 heterocycles. The maximum absolute atomic E-state index is 12.4. The zero-order valence-corrected chi connectivity index (χ0v) is 13.8. The second kappa shape index (κ2) is 8.19. The average molecular weight is 319 g/mol. The van der Waals surface area contributed by atoms with Gasteiger partial charge in [0.2, 0.25) is 5.91 Å². The quantitative estimate of drug-likeness (QED) is 0.760. The number of hydrogen-bond donors (Lipinski definition) is 2. The van der Waals surface area contributed by atoms with Crippen molar-refractivity contribution in [1.82, 2.24) is 9.80 Å². The highest BCUT2D eigenvalue weighted by molar-refractivity contribution is 5.96. The number of rotatable bonds is 6. The van der Waals surface area contributed by atoms with Gasteiger partial charge in [-0.05, 0) is 38.1 Å². The van der Waals surface area contributed by atoms with Crippen LogP contribution in [0.4, 0.5) is 5.69 Å². The largest absolute Gasteiger partial charge is 0.395 e. The van der Waals surface area contributed by atoms with Crippen molar-refractivity contribution in [2.75, 3.05) is 44.6 Å². The van der Waals surface area contributed by atoms with Crippen LogP contribution in [0.15, 0.2) is 24.3 Å². The molecule has 1 aliphatic rings. The lowest BCUT2D eigenvalue weighted by molar-refractivity contribution is -0.121. The molecular formula is C17H25N3O3. The van der Waals surface area contributed by atoms with E-state index in [1.54, 1.807) is 24.3 Å². The summed E-state index contributed by atoms with van der Waals surface area (Å²) in [4.78, 5) is 28.0. The minimum Gasteiger partial charge on any atom is -0.395 e. The number of carbonyl (C=O) groups is 2. The highest BCUT2D eigenvalue weighted by Crippen LogP contribution is 2.12. The number of aliphatic hydroxyl groups is 1. The van der Waals surface area contributed by atoms with Crippen LogP contribution in [0, 0.1) is 0 Å². The molecule has 1 aliphatic heterocycles. The van der Waals surface area contributed by atoms with Gasteiger partial charge in [0, 0.05) is 44.0 Å². The summed E-state index contributed by atoms with van der Waals surface area (Å²) in [6.07, 6.45) is 0. The van der Waals surface area contributed by atoms with Crippen molar-refractivity contribution in [3.8, 4) is 0 Å². The zero-order chi connectivity index (χ0) is 16.8. The van der Waals surface area contributed by atoms with Crippen LogP contribution in [-0.4, -0.2) is 72.0 Å². The van der Waals surface area contributed by atoms with Gasteiger partial charge in [0.05, 0.1) is 12.6 Å². The number of nitrogens with one attached hydrogen (secondary N) is 1. The minimum atomic E-state index is -0.209. The molecule has 0 radical (unpaired) electrons. The Kier molecular flexibility index (Phi) is 6.27. The van der Waals surface area contributed by atoms with E-state index in [1.165, 1.54) is 6.92 Å². The van der Waals surface area contributed by atoms with E-state index < -0.39 is 0 Å². The van der Waals surface area contributed by atoms with Crippen LogP contribution >= 0.6 is 0 Å². The van der Waals surface area contributed by atoms with Gasteiger partial charge in [0.1, 0.15) is 0 Å². The summed E-state index contributed by atoms with van der Waals surface area (Å²) in [5.74, 6) is -0.0341. The molecule has 126 valence electrons. The van der Waals surface area contributed by atoms with E-state index in [0.29, 0.717) is 17.8 Å². The van der Waals surface area contributed by atoms with Crippen molar-refractivity contribution >= 4 is 17.4 Å². The van der Waals surface area contributed by atoms with Crippen molar-refractivity contribution in [1.29, 1.82) is 0 Å². The van der Waals surface area contributed by atoms with Gasteiger partial charge in [0.15, 0.2) is 5.78 Å². The van der Waals surface area contributed by atoms with E-state index in [9.17, 15) is 9.59 Å². The van der Waals surface area contributed by atoms with Crippen molar-refractivity contribution in [3.05, 3.63) is 29.8 Å². The maximum atomic E-state index is 12.4. The predicted octanol–water partition coefficient (Wildman–Crippen LogP) is 0.826. The van der Waals surface area contributed by atoms with E-state index >= 15 is 0 Å². The van der Waals surface area contributed by atoms with Crippen molar-refractivity contribution < 1.29 is 14.7 Å². The summed E-state index contributed by atoms with van der Waals surface area (Å²) in [6, 6.07) is 6.73. The molecule has 6 nitrogen and oxygen atoms in total. The third-order valence-electron chi connectivity index (χ3n) is 4.31. The summed E-state index contributed by atoms with van der Waals surface area (Å²) in [5, 5.41) is 11.9. The normalized spacial score (nSPS) is 17.7. The standard InChI is InChI=1S/C17H25N3O3/c1-13(20-9-7-19(8-10-20)11-12-21)17(23)18-16-5-3-15(4-6-16)14(2)22/h3-6,13,21H,7-12H2,1-2H3,(H,18,23). The van der Waals surface area contributed by atoms with Gasteiger partial charge in [0.25, 0.3) is 0 Å². The van der Waals surface area contributed by atoms with Gasteiger partial charge in [-0.15, -0.1) is 0 Å². The molecule has 0 spiro atoms. The van der Waals surface area contributed by atoms with Crippen LogP contribution in [0.2, 0.25) is 0 Å². The fraction of sp³-hybridized carbons (Fsp3) is 0.529. The molecule has 1 atom stereocenters. The molecule has 1 unspecified atom stereocenters. The monoisotopic (exact) mass is 319 g/mol. The third-order valence-corrected chi connectivity index (χ3v) is 4.31. The van der Waals surface area contributed by atoms with Crippen molar-refractivity contribution in [2.45, 2.75) is 19.9 Å². The summed E-state index contributed by atoms with van der Waals surface area (Å²) in [7, 11) is 0. The van der Waals surface area contributed by atoms with Gasteiger partial charge in [-0.25, -0.2) is 0 Å². The number of benzene rings is 1. The lowest BCUT2D eigenvalue weighted by atomic mass is 10.1. The fourth-order valence-electron chi connectivity index (χ4n) is 2.72. The number of piperazine rings is 1. The van der Waals surface area contributed by atoms with Gasteiger partial charge in [-0.3, -0.25) is 19.4 Å². The van der Waals surface area contributed by atoms with Gasteiger partial charge in [-0.1, -0.05) is 0 Å². The molecule has 6 heteroatoms. The van der Waals surface area contributed by atoms with Crippen LogP contribution in [0.3, 0.4) is 0 Å². The highest BCUT2D eigenvalue weighted by Gasteiger charge is 2.25. The fourth-order valence-corrected chi connectivity index (χ4v) is 2.72. The van der Waals surface area contributed by atoms with E-state index in [0.717, 1.165) is 26.2 Å². The molecule has 1 amide bonds. The molecule has 0 aliphatic carbocycles. The van der Waals surface area contributed by atoms with E-state index in [2.05, 4.69) is 15.1 Å². The van der Waals surface area contributed by atoms with Crippen LogP contribution in [0.1, 0.15) is 24.2 Å². The summed E-state index contributed by atoms with van der Waals surface area (Å²) >= 11 is 0. The number of carbonyl (C=O) groups excluding carboxylic acids is 2. The van der Waals surface area contributed by atoms with E-state index in [1.807, 2.05) is 6.92 Å². The Hall–Kier alpha value is -1.76. The van der Waals surface area contributed by atoms with Crippen LogP contribution in [0.5, 0.6) is 0 Å². The molecule has 0 saturated carbocycles. The maximum Gasteiger partial charge on any atom is 0.241 e. The SMILES string of the molecule is CC(=O)c1ccc(NC(=O)C(C)N2CCN(CCO)CC2)cc1. The number of ketones is 1. The van der Waals surface area contributed by atoms with Gasteiger partial charge < -0.3 is 10.4 Å². The molecule has 0 aromatic heterocycles.